The van der Waals surface area contributed by atoms with Crippen molar-refractivity contribution in [1.82, 2.24) is 10.3 Å². The SMILES string of the molecule is CC.CCNC(=O)Cc1cccnc1. The van der Waals surface area contributed by atoms with E-state index in [1.807, 2.05) is 32.9 Å². The highest BCUT2D eigenvalue weighted by molar-refractivity contribution is 5.78. The van der Waals surface area contributed by atoms with Crippen molar-refractivity contribution in [2.75, 3.05) is 6.54 Å². The molecule has 3 heteroatoms. The van der Waals surface area contributed by atoms with E-state index in [9.17, 15) is 4.79 Å². The van der Waals surface area contributed by atoms with Crippen molar-refractivity contribution in [3.63, 3.8) is 0 Å². The Morgan fingerprint density at radius 3 is 2.71 bits per heavy atom. The van der Waals surface area contributed by atoms with Crippen LogP contribution in [0.3, 0.4) is 0 Å². The van der Waals surface area contributed by atoms with Gasteiger partial charge in [-0.25, -0.2) is 0 Å². The van der Waals surface area contributed by atoms with E-state index in [1.54, 1.807) is 12.4 Å². The molecule has 0 bridgehead atoms. The summed E-state index contributed by atoms with van der Waals surface area (Å²) >= 11 is 0. The van der Waals surface area contributed by atoms with E-state index >= 15 is 0 Å². The molecule has 1 N–H and O–H groups in total. The molecule has 0 radical (unpaired) electrons. The molecule has 0 aliphatic rings. The first-order chi connectivity index (χ1) is 6.83. The van der Waals surface area contributed by atoms with Gasteiger partial charge in [-0.05, 0) is 18.6 Å². The molecule has 78 valence electrons. The van der Waals surface area contributed by atoms with Gasteiger partial charge in [-0.15, -0.1) is 0 Å². The Labute approximate surface area is 85.6 Å². The number of carbonyl (C=O) groups excluding carboxylic acids is 1. The minimum Gasteiger partial charge on any atom is -0.356 e. The van der Waals surface area contributed by atoms with Gasteiger partial charge in [-0.1, -0.05) is 19.9 Å². The highest BCUT2D eigenvalue weighted by Gasteiger charge is 1.99. The number of nitrogens with one attached hydrogen (secondary N) is 1. The summed E-state index contributed by atoms with van der Waals surface area (Å²) < 4.78 is 0. The lowest BCUT2D eigenvalue weighted by atomic mass is 10.2. The second kappa shape index (κ2) is 8.23. The summed E-state index contributed by atoms with van der Waals surface area (Å²) in [6.07, 6.45) is 3.82. The van der Waals surface area contributed by atoms with Gasteiger partial charge in [0.25, 0.3) is 0 Å². The molecule has 0 unspecified atom stereocenters. The highest BCUT2D eigenvalue weighted by Crippen LogP contribution is 1.95. The summed E-state index contributed by atoms with van der Waals surface area (Å²) in [6.45, 7) is 6.58. The van der Waals surface area contributed by atoms with E-state index in [-0.39, 0.29) is 5.91 Å². The van der Waals surface area contributed by atoms with Crippen LogP contribution in [0.15, 0.2) is 24.5 Å². The zero-order valence-corrected chi connectivity index (χ0v) is 9.08. The Kier molecular flexibility index (Phi) is 7.42. The Hall–Kier alpha value is -1.38. The van der Waals surface area contributed by atoms with Gasteiger partial charge in [0, 0.05) is 18.9 Å². The van der Waals surface area contributed by atoms with Gasteiger partial charge in [-0.3, -0.25) is 9.78 Å². The van der Waals surface area contributed by atoms with E-state index in [1.165, 1.54) is 0 Å². The Morgan fingerprint density at radius 2 is 2.21 bits per heavy atom. The Bertz CT molecular complexity index is 247. The topological polar surface area (TPSA) is 42.0 Å². The Morgan fingerprint density at radius 1 is 1.50 bits per heavy atom. The van der Waals surface area contributed by atoms with Crippen LogP contribution in [0.25, 0.3) is 0 Å². The number of likely N-dealkylation sites (N-methyl/N-ethyl adjacent to an activating group) is 1. The maximum absolute atomic E-state index is 11.1. The van der Waals surface area contributed by atoms with Crippen molar-refractivity contribution in [3.05, 3.63) is 30.1 Å². The highest BCUT2D eigenvalue weighted by atomic mass is 16.1. The van der Waals surface area contributed by atoms with Crippen LogP contribution in [-0.2, 0) is 11.2 Å². The maximum atomic E-state index is 11.1. The molecule has 1 amide bonds. The minimum absolute atomic E-state index is 0.0468. The van der Waals surface area contributed by atoms with Crippen LogP contribution < -0.4 is 5.32 Å². The quantitative estimate of drug-likeness (QED) is 0.797. The fourth-order valence-corrected chi connectivity index (χ4v) is 0.948. The van der Waals surface area contributed by atoms with Crippen LogP contribution in [0.5, 0.6) is 0 Å². The summed E-state index contributed by atoms with van der Waals surface area (Å²) in [6, 6.07) is 3.72. The van der Waals surface area contributed by atoms with Crippen molar-refractivity contribution in [1.29, 1.82) is 0 Å². The number of aromatic nitrogens is 1. The molecule has 1 aromatic heterocycles. The molecule has 1 aromatic rings. The molecule has 0 saturated carbocycles. The first-order valence-electron chi connectivity index (χ1n) is 4.98. The van der Waals surface area contributed by atoms with Crippen molar-refractivity contribution < 1.29 is 4.79 Å². The molecule has 1 rings (SSSR count). The number of amides is 1. The molecule has 0 aliphatic carbocycles. The second-order valence-electron chi connectivity index (χ2n) is 2.49. The molecule has 0 saturated heterocycles. The van der Waals surface area contributed by atoms with E-state index in [4.69, 9.17) is 0 Å². The second-order valence-corrected chi connectivity index (χ2v) is 2.49. The van der Waals surface area contributed by atoms with Gasteiger partial charge >= 0.3 is 0 Å². The average molecular weight is 194 g/mol. The van der Waals surface area contributed by atoms with E-state index in [0.717, 1.165) is 5.56 Å². The maximum Gasteiger partial charge on any atom is 0.224 e. The average Bonchev–Trinajstić information content (AvgIpc) is 2.22. The van der Waals surface area contributed by atoms with Crippen LogP contribution in [0.2, 0.25) is 0 Å². The van der Waals surface area contributed by atoms with Crippen LogP contribution in [0.4, 0.5) is 0 Å². The van der Waals surface area contributed by atoms with Crippen molar-refractivity contribution >= 4 is 5.91 Å². The molecule has 0 aliphatic heterocycles. The molecular weight excluding hydrogens is 176 g/mol. The number of hydrogen-bond acceptors (Lipinski definition) is 2. The predicted octanol–water partition coefficient (Wildman–Crippen LogP) is 1.79. The van der Waals surface area contributed by atoms with E-state index in [2.05, 4.69) is 10.3 Å². The molecular formula is C11H18N2O. The normalized spacial score (nSPS) is 8.50. The third kappa shape index (κ3) is 5.30. The lowest BCUT2D eigenvalue weighted by Gasteiger charge is -2.00. The summed E-state index contributed by atoms with van der Waals surface area (Å²) in [5.74, 6) is 0.0468. The molecule has 1 heterocycles. The summed E-state index contributed by atoms with van der Waals surface area (Å²) in [7, 11) is 0. The Balaban J connectivity index is 0.000000791. The van der Waals surface area contributed by atoms with E-state index in [0.29, 0.717) is 13.0 Å². The van der Waals surface area contributed by atoms with Crippen LogP contribution in [-0.4, -0.2) is 17.4 Å². The number of hydrogen-bond donors (Lipinski definition) is 1. The first kappa shape index (κ1) is 12.6. The third-order valence-corrected chi connectivity index (χ3v) is 1.46. The summed E-state index contributed by atoms with van der Waals surface area (Å²) in [5.41, 5.74) is 0.948. The van der Waals surface area contributed by atoms with Gasteiger partial charge in [0.2, 0.25) is 5.91 Å². The zero-order chi connectivity index (χ0) is 10.8. The third-order valence-electron chi connectivity index (χ3n) is 1.46. The molecule has 0 fully saturated rings. The van der Waals surface area contributed by atoms with E-state index < -0.39 is 0 Å². The number of carbonyl (C=O) groups is 1. The largest absolute Gasteiger partial charge is 0.356 e. The molecule has 3 nitrogen and oxygen atoms in total. The first-order valence-corrected chi connectivity index (χ1v) is 4.98. The van der Waals surface area contributed by atoms with Gasteiger partial charge in [0.1, 0.15) is 0 Å². The fourth-order valence-electron chi connectivity index (χ4n) is 0.948. The number of pyridine rings is 1. The number of nitrogens with zero attached hydrogens (tertiary/aromatic N) is 1. The smallest absolute Gasteiger partial charge is 0.224 e. The lowest BCUT2D eigenvalue weighted by molar-refractivity contribution is -0.120. The zero-order valence-electron chi connectivity index (χ0n) is 9.08. The van der Waals surface area contributed by atoms with Crippen LogP contribution in [0.1, 0.15) is 26.3 Å². The fraction of sp³-hybridized carbons (Fsp3) is 0.455. The minimum atomic E-state index is 0.0468. The molecule has 14 heavy (non-hydrogen) atoms. The standard InChI is InChI=1S/C9H12N2O.C2H6/c1-2-11-9(12)6-8-4-3-5-10-7-8;1-2/h3-5,7H,2,6H2,1H3,(H,11,12);1-2H3. The molecule has 0 aromatic carbocycles. The summed E-state index contributed by atoms with van der Waals surface area (Å²) in [4.78, 5) is 15.0. The summed E-state index contributed by atoms with van der Waals surface area (Å²) in [5, 5.41) is 2.73. The van der Waals surface area contributed by atoms with Crippen molar-refractivity contribution in [2.24, 2.45) is 0 Å². The van der Waals surface area contributed by atoms with Crippen molar-refractivity contribution in [2.45, 2.75) is 27.2 Å². The van der Waals surface area contributed by atoms with Crippen LogP contribution >= 0.6 is 0 Å². The van der Waals surface area contributed by atoms with Gasteiger partial charge in [-0.2, -0.15) is 0 Å². The van der Waals surface area contributed by atoms with Gasteiger partial charge in [0.05, 0.1) is 6.42 Å². The number of rotatable bonds is 3. The molecule has 0 spiro atoms. The predicted molar refractivity (Wildman–Crippen MR) is 58.0 cm³/mol. The lowest BCUT2D eigenvalue weighted by Crippen LogP contribution is -2.24. The van der Waals surface area contributed by atoms with Crippen LogP contribution in [0, 0.1) is 0 Å². The molecule has 0 atom stereocenters. The van der Waals surface area contributed by atoms with Gasteiger partial charge < -0.3 is 5.32 Å². The van der Waals surface area contributed by atoms with Gasteiger partial charge in [0.15, 0.2) is 0 Å². The van der Waals surface area contributed by atoms with Crippen molar-refractivity contribution in [3.8, 4) is 0 Å². The monoisotopic (exact) mass is 194 g/mol.